The third-order valence-electron chi connectivity index (χ3n) is 5.07. The van der Waals surface area contributed by atoms with Crippen molar-refractivity contribution in [3.05, 3.63) is 59.7 Å². The van der Waals surface area contributed by atoms with E-state index in [0.29, 0.717) is 5.56 Å². The van der Waals surface area contributed by atoms with Gasteiger partial charge in [0.2, 0.25) is 0 Å². The summed E-state index contributed by atoms with van der Waals surface area (Å²) >= 11 is 0. The molecule has 0 saturated heterocycles. The molecule has 2 aromatic rings. The van der Waals surface area contributed by atoms with Gasteiger partial charge in [-0.1, -0.05) is 56.9 Å². The molecule has 0 spiro atoms. The fraction of sp³-hybridized carbons (Fsp3) is 0.429. The minimum atomic E-state index is -0.657. The quantitative estimate of drug-likeness (QED) is 0.535. The van der Waals surface area contributed by atoms with E-state index in [1.54, 1.807) is 0 Å². The van der Waals surface area contributed by atoms with Gasteiger partial charge in [-0.05, 0) is 35.8 Å². The van der Waals surface area contributed by atoms with Gasteiger partial charge in [0.15, 0.2) is 0 Å². The van der Waals surface area contributed by atoms with Crippen LogP contribution < -0.4 is 0 Å². The van der Waals surface area contributed by atoms with E-state index >= 15 is 0 Å². The summed E-state index contributed by atoms with van der Waals surface area (Å²) in [7, 11) is 0. The summed E-state index contributed by atoms with van der Waals surface area (Å²) in [6.45, 7) is 2.35. The molecule has 3 rings (SSSR count). The van der Waals surface area contributed by atoms with Gasteiger partial charge in [0.05, 0.1) is 0 Å². The predicted molar refractivity (Wildman–Crippen MR) is 90.1 cm³/mol. The molecule has 0 amide bonds. The van der Waals surface area contributed by atoms with E-state index in [9.17, 15) is 8.78 Å². The molecule has 125 valence electrons. The number of hydrogen-bond donors (Lipinski definition) is 0. The maximum Gasteiger partial charge on any atom is 0.0142 e. The van der Waals surface area contributed by atoms with Crippen molar-refractivity contribution in [2.75, 3.05) is 0 Å². The molecule has 1 saturated carbocycles. The van der Waals surface area contributed by atoms with Crippen molar-refractivity contribution in [3.8, 4) is 11.1 Å². The molecule has 0 heterocycles. The molecule has 3 heteroatoms. The number of rotatable bonds is 4. The second kappa shape index (κ2) is 9.20. The SMILES string of the molecule is CC1CCC(CCc2ccc(-c3cc(F)[c-]c(F)c3)cc2)CC1.[Y]. The molecule has 0 aliphatic heterocycles. The molecular weight excluding hydrogens is 379 g/mol. The largest absolute Gasteiger partial charge is 0.236 e. The third-order valence-corrected chi connectivity index (χ3v) is 5.07. The van der Waals surface area contributed by atoms with E-state index in [1.807, 2.05) is 18.2 Å². The van der Waals surface area contributed by atoms with E-state index in [-0.39, 0.29) is 32.7 Å². The Bertz CT molecular complexity index is 623. The molecule has 0 bridgehead atoms. The Morgan fingerprint density at radius 1 is 0.917 bits per heavy atom. The normalized spacial score (nSPS) is 20.5. The summed E-state index contributed by atoms with van der Waals surface area (Å²) in [5.74, 6) is 0.444. The minimum absolute atomic E-state index is 0. The second-order valence-electron chi connectivity index (χ2n) is 6.93. The van der Waals surface area contributed by atoms with Crippen LogP contribution in [0.4, 0.5) is 8.78 Å². The average Bonchev–Trinajstić information content (AvgIpc) is 2.54. The van der Waals surface area contributed by atoms with Crippen LogP contribution in [0.2, 0.25) is 0 Å². The molecule has 2 aromatic carbocycles. The number of halogens is 2. The van der Waals surface area contributed by atoms with E-state index in [1.165, 1.54) is 49.8 Å². The molecule has 1 aliphatic carbocycles. The van der Waals surface area contributed by atoms with E-state index in [4.69, 9.17) is 0 Å². The van der Waals surface area contributed by atoms with Crippen LogP contribution >= 0.6 is 0 Å². The Labute approximate surface area is 168 Å². The first-order valence-electron chi connectivity index (χ1n) is 8.58. The van der Waals surface area contributed by atoms with E-state index in [0.717, 1.165) is 23.8 Å². The summed E-state index contributed by atoms with van der Waals surface area (Å²) in [4.78, 5) is 0. The molecule has 1 radical (unpaired) electrons. The molecule has 0 aromatic heterocycles. The molecule has 1 aliphatic rings. The summed E-state index contributed by atoms with van der Waals surface area (Å²) < 4.78 is 26.5. The van der Waals surface area contributed by atoms with E-state index in [2.05, 4.69) is 19.1 Å². The monoisotopic (exact) mass is 402 g/mol. The van der Waals surface area contributed by atoms with Gasteiger partial charge >= 0.3 is 0 Å². The average molecular weight is 402 g/mol. The van der Waals surface area contributed by atoms with Gasteiger partial charge in [-0.3, -0.25) is 0 Å². The zero-order chi connectivity index (χ0) is 16.2. The summed E-state index contributed by atoms with van der Waals surface area (Å²) in [6, 6.07) is 12.7. The molecule has 0 N–H and O–H groups in total. The Balaban J connectivity index is 0.00000208. The topological polar surface area (TPSA) is 0 Å². The van der Waals surface area contributed by atoms with Gasteiger partial charge in [0.25, 0.3) is 0 Å². The van der Waals surface area contributed by atoms with Crippen molar-refractivity contribution in [3.63, 3.8) is 0 Å². The summed E-state index contributed by atoms with van der Waals surface area (Å²) in [5, 5.41) is 0. The number of hydrogen-bond acceptors (Lipinski definition) is 0. The summed E-state index contributed by atoms with van der Waals surface area (Å²) in [6.07, 6.45) is 7.79. The minimum Gasteiger partial charge on any atom is -0.236 e. The molecule has 0 nitrogen and oxygen atoms in total. The zero-order valence-electron chi connectivity index (χ0n) is 14.2. The van der Waals surface area contributed by atoms with Gasteiger partial charge in [0.1, 0.15) is 0 Å². The number of aryl methyl sites for hydroxylation is 1. The molecule has 24 heavy (non-hydrogen) atoms. The van der Waals surface area contributed by atoms with Crippen LogP contribution in [-0.2, 0) is 39.1 Å². The van der Waals surface area contributed by atoms with Gasteiger partial charge in [0, 0.05) is 44.3 Å². The van der Waals surface area contributed by atoms with Crippen LogP contribution in [0.3, 0.4) is 0 Å². The third kappa shape index (κ3) is 5.46. The fourth-order valence-corrected chi connectivity index (χ4v) is 3.52. The fourth-order valence-electron chi connectivity index (χ4n) is 3.52. The molecular formula is C21H23F2Y-. The first-order valence-corrected chi connectivity index (χ1v) is 8.58. The number of benzene rings is 2. The van der Waals surface area contributed by atoms with Crippen LogP contribution in [0.25, 0.3) is 11.1 Å². The molecule has 0 unspecified atom stereocenters. The smallest absolute Gasteiger partial charge is 0.0142 e. The second-order valence-corrected chi connectivity index (χ2v) is 6.93. The first-order chi connectivity index (χ1) is 11.1. The zero-order valence-corrected chi connectivity index (χ0v) is 17.0. The standard InChI is InChI=1S/C21H23F2.Y/c1-15-2-4-16(5-3-15)6-7-17-8-10-18(11-9-17)19-12-20(22)14-21(23)13-19;/h8-13,15-16H,2-7H2,1H3;/q-1;. The van der Waals surface area contributed by atoms with Gasteiger partial charge in [-0.15, -0.1) is 23.8 Å². The summed E-state index contributed by atoms with van der Waals surface area (Å²) in [5.41, 5.74) is 2.70. The van der Waals surface area contributed by atoms with Crippen molar-refractivity contribution in [2.45, 2.75) is 45.4 Å². The first kappa shape index (κ1) is 19.7. The van der Waals surface area contributed by atoms with Crippen molar-refractivity contribution in [1.29, 1.82) is 0 Å². The van der Waals surface area contributed by atoms with Crippen LogP contribution in [0, 0.1) is 29.5 Å². The van der Waals surface area contributed by atoms with Crippen LogP contribution in [0.5, 0.6) is 0 Å². The van der Waals surface area contributed by atoms with Crippen molar-refractivity contribution >= 4 is 0 Å². The van der Waals surface area contributed by atoms with Crippen LogP contribution in [0.1, 0.15) is 44.6 Å². The maximum atomic E-state index is 13.3. The molecule has 0 atom stereocenters. The van der Waals surface area contributed by atoms with Gasteiger partial charge in [-0.2, -0.15) is 0 Å². The van der Waals surface area contributed by atoms with Gasteiger partial charge in [-0.25, -0.2) is 8.78 Å². The van der Waals surface area contributed by atoms with Crippen molar-refractivity contribution in [1.82, 2.24) is 0 Å². The van der Waals surface area contributed by atoms with E-state index < -0.39 is 11.6 Å². The Morgan fingerprint density at radius 3 is 2.08 bits per heavy atom. The van der Waals surface area contributed by atoms with Crippen molar-refractivity contribution < 1.29 is 41.5 Å². The molecule has 1 fully saturated rings. The van der Waals surface area contributed by atoms with Crippen molar-refractivity contribution in [2.24, 2.45) is 11.8 Å². The predicted octanol–water partition coefficient (Wildman–Crippen LogP) is 6.19. The Morgan fingerprint density at radius 2 is 1.50 bits per heavy atom. The Kier molecular flexibility index (Phi) is 7.56. The maximum absolute atomic E-state index is 13.3. The van der Waals surface area contributed by atoms with Crippen LogP contribution in [-0.4, -0.2) is 0 Å². The van der Waals surface area contributed by atoms with Crippen LogP contribution in [0.15, 0.2) is 36.4 Å². The van der Waals surface area contributed by atoms with Gasteiger partial charge < -0.3 is 0 Å². The Hall–Kier alpha value is -0.596.